The van der Waals surface area contributed by atoms with Crippen molar-refractivity contribution in [1.29, 1.82) is 0 Å². The van der Waals surface area contributed by atoms with Crippen LogP contribution in [-0.2, 0) is 9.84 Å². The van der Waals surface area contributed by atoms with Crippen molar-refractivity contribution in [3.63, 3.8) is 0 Å². The maximum absolute atomic E-state index is 13.5. The van der Waals surface area contributed by atoms with Gasteiger partial charge in [0.2, 0.25) is 14.2 Å². The highest BCUT2D eigenvalue weighted by Crippen LogP contribution is 2.31. The van der Waals surface area contributed by atoms with Gasteiger partial charge in [0.05, 0.1) is 27.7 Å². The van der Waals surface area contributed by atoms with Crippen LogP contribution in [0.25, 0.3) is 21.3 Å². The third kappa shape index (κ3) is 11.7. The lowest BCUT2D eigenvalue weighted by atomic mass is 9.95. The molecule has 1 atom stereocenters. The first-order valence-electron chi connectivity index (χ1n) is 15.8. The van der Waals surface area contributed by atoms with Gasteiger partial charge in [0, 0.05) is 0 Å². The number of aromatic nitrogens is 3. The number of rotatable bonds is 23. The molecule has 2 heterocycles. The van der Waals surface area contributed by atoms with Crippen LogP contribution in [0.5, 0.6) is 0 Å². The predicted octanol–water partition coefficient (Wildman–Crippen LogP) is 10.5. The van der Waals surface area contributed by atoms with Crippen LogP contribution >= 0.6 is 23.1 Å². The second kappa shape index (κ2) is 18.3. The van der Waals surface area contributed by atoms with E-state index < -0.39 is 9.84 Å². The predicted molar refractivity (Wildman–Crippen MR) is 170 cm³/mol. The van der Waals surface area contributed by atoms with Crippen molar-refractivity contribution >= 4 is 54.2 Å². The lowest BCUT2D eigenvalue weighted by molar-refractivity contribution is 0.428. The molecule has 0 fully saturated rings. The van der Waals surface area contributed by atoms with Crippen LogP contribution in [0, 0.1) is 5.92 Å². The van der Waals surface area contributed by atoms with Gasteiger partial charge in [-0.3, -0.25) is 0 Å². The largest absolute Gasteiger partial charge is 0.225 e. The fourth-order valence-electron chi connectivity index (χ4n) is 5.50. The second-order valence-electron chi connectivity index (χ2n) is 11.4. The van der Waals surface area contributed by atoms with E-state index in [0.29, 0.717) is 5.52 Å². The molecule has 220 valence electrons. The number of hydrogen-bond donors (Lipinski definition) is 0. The fourth-order valence-corrected chi connectivity index (χ4v) is 9.03. The molecule has 3 rings (SSSR count). The minimum atomic E-state index is -3.41. The number of nitrogens with zero attached hydrogens (tertiary/aromatic N) is 3. The van der Waals surface area contributed by atoms with Crippen LogP contribution in [0.15, 0.2) is 16.5 Å². The molecule has 3 aromatic rings. The van der Waals surface area contributed by atoms with Crippen molar-refractivity contribution in [3.05, 3.63) is 12.1 Å². The Hall–Kier alpha value is -1.12. The first kappa shape index (κ1) is 32.4. The summed E-state index contributed by atoms with van der Waals surface area (Å²) in [6.45, 7) is 4.53. The number of hydrogen-bond acceptors (Lipinski definition) is 7. The normalized spacial score (nSPS) is 13.1. The highest BCUT2D eigenvalue weighted by molar-refractivity contribution is 7.93. The average molecular weight is 594 g/mol. The molecule has 8 heteroatoms. The number of thiazole rings is 1. The zero-order chi connectivity index (χ0) is 27.8. The van der Waals surface area contributed by atoms with E-state index in [0.717, 1.165) is 41.4 Å². The van der Waals surface area contributed by atoms with Gasteiger partial charge in [0.15, 0.2) is 0 Å². The van der Waals surface area contributed by atoms with E-state index in [-0.39, 0.29) is 16.0 Å². The summed E-state index contributed by atoms with van der Waals surface area (Å²) in [5.41, 5.74) is 2.32. The molecule has 2 aromatic heterocycles. The summed E-state index contributed by atoms with van der Waals surface area (Å²) >= 11 is 2.46. The molecule has 0 aliphatic carbocycles. The highest BCUT2D eigenvalue weighted by atomic mass is 32.2. The van der Waals surface area contributed by atoms with Gasteiger partial charge in [-0.25, -0.2) is 13.4 Å². The SMILES string of the molecule is CCCCCCCCCCCCC(CCCCCCCCCC)CS(=O)(=O)c1nc2cc3nsnc3cc2s1. The molecule has 1 unspecified atom stereocenters. The third-order valence-electron chi connectivity index (χ3n) is 7.90. The number of fused-ring (bicyclic) bond motifs is 2. The molecule has 0 amide bonds. The van der Waals surface area contributed by atoms with Gasteiger partial charge >= 0.3 is 0 Å². The Morgan fingerprint density at radius 1 is 0.641 bits per heavy atom. The molecule has 5 nitrogen and oxygen atoms in total. The van der Waals surface area contributed by atoms with E-state index in [4.69, 9.17) is 0 Å². The molecule has 0 aliphatic heterocycles. The summed E-state index contributed by atoms with van der Waals surface area (Å²) in [6.07, 6.45) is 25.4. The van der Waals surface area contributed by atoms with Crippen LogP contribution in [-0.4, -0.2) is 27.9 Å². The number of unbranched alkanes of at least 4 members (excludes halogenated alkanes) is 16. The van der Waals surface area contributed by atoms with E-state index in [1.54, 1.807) is 0 Å². The third-order valence-corrected chi connectivity index (χ3v) is 11.8. The zero-order valence-corrected chi connectivity index (χ0v) is 26.9. The van der Waals surface area contributed by atoms with Crippen molar-refractivity contribution in [2.75, 3.05) is 5.75 Å². The van der Waals surface area contributed by atoms with E-state index >= 15 is 0 Å². The lowest BCUT2D eigenvalue weighted by Gasteiger charge is -2.16. The van der Waals surface area contributed by atoms with Crippen molar-refractivity contribution in [2.45, 2.75) is 147 Å². The minimum Gasteiger partial charge on any atom is -0.225 e. The van der Waals surface area contributed by atoms with Crippen LogP contribution < -0.4 is 0 Å². The van der Waals surface area contributed by atoms with Crippen LogP contribution in [0.4, 0.5) is 0 Å². The molecule has 0 aliphatic rings. The Bertz CT molecular complexity index is 1120. The van der Waals surface area contributed by atoms with Gasteiger partial charge in [-0.1, -0.05) is 129 Å². The van der Waals surface area contributed by atoms with E-state index in [1.165, 1.54) is 126 Å². The molecule has 0 spiro atoms. The van der Waals surface area contributed by atoms with Crippen molar-refractivity contribution < 1.29 is 8.42 Å². The minimum absolute atomic E-state index is 0.225. The summed E-state index contributed by atoms with van der Waals surface area (Å²) < 4.78 is 36.7. The molecule has 0 radical (unpaired) electrons. The van der Waals surface area contributed by atoms with Gasteiger partial charge in [0.1, 0.15) is 11.0 Å². The number of sulfone groups is 1. The quantitative estimate of drug-likeness (QED) is 0.102. The van der Waals surface area contributed by atoms with Crippen molar-refractivity contribution in [2.24, 2.45) is 5.92 Å². The van der Waals surface area contributed by atoms with Crippen molar-refractivity contribution in [1.82, 2.24) is 13.7 Å². The molecular formula is C31H51N3O2S3. The molecule has 0 bridgehead atoms. The van der Waals surface area contributed by atoms with E-state index in [1.807, 2.05) is 12.1 Å². The smallest absolute Gasteiger partial charge is 0.210 e. The molecule has 0 saturated carbocycles. The fraction of sp³-hybridized carbons (Fsp3) is 0.774. The molecule has 39 heavy (non-hydrogen) atoms. The summed E-state index contributed by atoms with van der Waals surface area (Å²) in [5, 5.41) is 0. The maximum Gasteiger partial charge on any atom is 0.210 e. The van der Waals surface area contributed by atoms with Crippen molar-refractivity contribution in [3.8, 4) is 0 Å². The summed E-state index contributed by atoms with van der Waals surface area (Å²) in [4.78, 5) is 4.54. The first-order chi connectivity index (χ1) is 19.0. The highest BCUT2D eigenvalue weighted by Gasteiger charge is 2.25. The van der Waals surface area contributed by atoms with Gasteiger partial charge in [-0.2, -0.15) is 8.75 Å². The topological polar surface area (TPSA) is 72.8 Å². The molecule has 1 aromatic carbocycles. The van der Waals surface area contributed by atoms with E-state index in [9.17, 15) is 8.42 Å². The summed E-state index contributed by atoms with van der Waals surface area (Å²) in [7, 11) is -3.41. The standard InChI is InChI=1S/C31H51N3O2S3/c1-3-5-7-9-11-13-14-16-18-20-22-26(21-19-17-15-12-10-8-6-4-2)25-39(35,36)31-32-29-23-27-28(34-38-33-27)24-30(29)37-31/h23-24,26H,3-22,25H2,1-2H3. The second-order valence-corrected chi connectivity index (χ2v) is 15.2. The lowest BCUT2D eigenvalue weighted by Crippen LogP contribution is -2.17. The summed E-state index contributed by atoms with van der Waals surface area (Å²) in [5.74, 6) is 0.452. The molecular weight excluding hydrogens is 543 g/mol. The van der Waals surface area contributed by atoms with Crippen LogP contribution in [0.1, 0.15) is 142 Å². The van der Waals surface area contributed by atoms with Crippen LogP contribution in [0.2, 0.25) is 0 Å². The van der Waals surface area contributed by atoms with Crippen LogP contribution in [0.3, 0.4) is 0 Å². The monoisotopic (exact) mass is 593 g/mol. The summed E-state index contributed by atoms with van der Waals surface area (Å²) in [6, 6.07) is 3.79. The Labute approximate surface area is 245 Å². The number of benzene rings is 1. The van der Waals surface area contributed by atoms with Gasteiger partial charge in [-0.15, -0.1) is 11.3 Å². The first-order valence-corrected chi connectivity index (χ1v) is 19.0. The molecule has 0 N–H and O–H groups in total. The Morgan fingerprint density at radius 2 is 1.10 bits per heavy atom. The maximum atomic E-state index is 13.5. The van der Waals surface area contributed by atoms with Gasteiger partial charge in [0.25, 0.3) is 0 Å². The van der Waals surface area contributed by atoms with Gasteiger partial charge in [-0.05, 0) is 30.9 Å². The zero-order valence-electron chi connectivity index (χ0n) is 24.5. The Kier molecular flexibility index (Phi) is 15.2. The van der Waals surface area contributed by atoms with Gasteiger partial charge < -0.3 is 0 Å². The Morgan fingerprint density at radius 3 is 1.62 bits per heavy atom. The van der Waals surface area contributed by atoms with E-state index in [2.05, 4.69) is 27.6 Å². The average Bonchev–Trinajstić information content (AvgIpc) is 3.56. The Balaban J connectivity index is 1.49. The molecule has 0 saturated heterocycles.